The van der Waals surface area contributed by atoms with Gasteiger partial charge in [0.1, 0.15) is 0 Å². The Hall–Kier alpha value is -0.790. The van der Waals surface area contributed by atoms with E-state index in [9.17, 15) is 4.79 Å². The summed E-state index contributed by atoms with van der Waals surface area (Å²) in [5.41, 5.74) is 5.10. The van der Waals surface area contributed by atoms with Crippen LogP contribution in [0.3, 0.4) is 0 Å². The zero-order valence-electron chi connectivity index (χ0n) is 5.28. The van der Waals surface area contributed by atoms with Crippen LogP contribution in [0.25, 0.3) is 0 Å². The molecule has 0 aromatic carbocycles. The molecule has 4 nitrogen and oxygen atoms in total. The van der Waals surface area contributed by atoms with Gasteiger partial charge < -0.3 is 10.8 Å². The zero-order valence-corrected chi connectivity index (χ0v) is 6.10. The van der Waals surface area contributed by atoms with E-state index in [1.807, 2.05) is 0 Å². The third-order valence-electron chi connectivity index (χ3n) is 0.835. The smallest absolute Gasteiger partial charge is 0.303 e. The number of carboxylic acid groups (broad SMARTS) is 1. The molecule has 1 unspecified atom stereocenters. The Labute approximate surface area is 65.0 Å². The van der Waals surface area contributed by atoms with Crippen LogP contribution < -0.4 is 5.73 Å². The normalized spacial score (nSPS) is 10.8. The maximum Gasteiger partial charge on any atom is 0.303 e. The minimum absolute atomic E-state index is 0. The van der Waals surface area contributed by atoms with E-state index in [2.05, 4.69) is 0 Å². The molecule has 0 aromatic heterocycles. The van der Waals surface area contributed by atoms with Crippen LogP contribution in [0, 0.1) is 11.3 Å². The lowest BCUT2D eigenvalue weighted by molar-refractivity contribution is -0.137. The zero-order chi connectivity index (χ0) is 7.28. The van der Waals surface area contributed by atoms with Gasteiger partial charge >= 0.3 is 5.97 Å². The van der Waals surface area contributed by atoms with E-state index in [4.69, 9.17) is 16.1 Å². The van der Waals surface area contributed by atoms with Crippen molar-refractivity contribution in [3.8, 4) is 6.07 Å². The van der Waals surface area contributed by atoms with Gasteiger partial charge in [0.05, 0.1) is 12.1 Å². The van der Waals surface area contributed by atoms with Gasteiger partial charge in [-0.2, -0.15) is 5.26 Å². The molecule has 0 saturated carbocycles. The third-order valence-corrected chi connectivity index (χ3v) is 0.835. The molecule has 0 bridgehead atoms. The summed E-state index contributed by atoms with van der Waals surface area (Å²) >= 11 is 0. The first-order valence-electron chi connectivity index (χ1n) is 2.54. The van der Waals surface area contributed by atoms with E-state index in [1.165, 1.54) is 0 Å². The molecule has 0 aliphatic heterocycles. The van der Waals surface area contributed by atoms with Gasteiger partial charge in [-0.15, -0.1) is 12.4 Å². The number of nitriles is 1. The number of rotatable bonds is 3. The minimum atomic E-state index is -0.916. The van der Waals surface area contributed by atoms with Crippen LogP contribution in [0.4, 0.5) is 0 Å². The maximum atomic E-state index is 9.85. The lowest BCUT2D eigenvalue weighted by atomic mass is 10.2. The van der Waals surface area contributed by atoms with E-state index in [1.54, 1.807) is 6.07 Å². The Morgan fingerprint density at radius 2 is 2.30 bits per heavy atom. The van der Waals surface area contributed by atoms with Crippen molar-refractivity contribution in [2.75, 3.05) is 0 Å². The van der Waals surface area contributed by atoms with Crippen molar-refractivity contribution < 1.29 is 9.90 Å². The monoisotopic (exact) mass is 164 g/mol. The van der Waals surface area contributed by atoms with E-state index < -0.39 is 12.0 Å². The highest BCUT2D eigenvalue weighted by molar-refractivity contribution is 5.85. The van der Waals surface area contributed by atoms with Crippen molar-refractivity contribution in [2.24, 2.45) is 5.73 Å². The molecule has 10 heavy (non-hydrogen) atoms. The fourth-order valence-corrected chi connectivity index (χ4v) is 0.344. The number of aliphatic carboxylic acids is 1. The molecule has 0 amide bonds. The number of nitrogens with two attached hydrogens (primary N) is 1. The highest BCUT2D eigenvalue weighted by Crippen LogP contribution is 1.91. The molecule has 3 N–H and O–H groups in total. The van der Waals surface area contributed by atoms with Gasteiger partial charge in [-0.05, 0) is 6.42 Å². The fourth-order valence-electron chi connectivity index (χ4n) is 0.344. The first kappa shape index (κ1) is 11.9. The Morgan fingerprint density at radius 3 is 2.60 bits per heavy atom. The highest BCUT2D eigenvalue weighted by atomic mass is 35.5. The quantitative estimate of drug-likeness (QED) is 0.621. The maximum absolute atomic E-state index is 9.85. The number of hydrogen-bond acceptors (Lipinski definition) is 3. The van der Waals surface area contributed by atoms with Crippen molar-refractivity contribution >= 4 is 18.4 Å². The lowest BCUT2D eigenvalue weighted by Gasteiger charge is -1.95. The number of carboxylic acids is 1. The van der Waals surface area contributed by atoms with E-state index >= 15 is 0 Å². The van der Waals surface area contributed by atoms with Crippen LogP contribution in [0.2, 0.25) is 0 Å². The molecule has 0 saturated heterocycles. The number of halogens is 1. The summed E-state index contributed by atoms with van der Waals surface area (Å²) in [7, 11) is 0. The molecule has 0 aliphatic carbocycles. The van der Waals surface area contributed by atoms with Crippen LogP contribution in [0.15, 0.2) is 0 Å². The predicted octanol–water partition coefficient (Wildman–Crippen LogP) is 0.124. The average molecular weight is 165 g/mol. The van der Waals surface area contributed by atoms with E-state index in [0.29, 0.717) is 0 Å². The Balaban J connectivity index is 0. The molecule has 0 rings (SSSR count). The van der Waals surface area contributed by atoms with Crippen molar-refractivity contribution in [1.82, 2.24) is 0 Å². The molecule has 0 spiro atoms. The van der Waals surface area contributed by atoms with Gasteiger partial charge in [0.15, 0.2) is 0 Å². The molecule has 0 aliphatic rings. The van der Waals surface area contributed by atoms with Crippen LogP contribution in [-0.4, -0.2) is 17.1 Å². The summed E-state index contributed by atoms with van der Waals surface area (Å²) in [4.78, 5) is 9.85. The number of hydrogen-bond donors (Lipinski definition) is 2. The Bertz CT molecular complexity index is 143. The molecule has 5 heteroatoms. The first-order chi connectivity index (χ1) is 4.16. The second-order valence-corrected chi connectivity index (χ2v) is 1.67. The second kappa shape index (κ2) is 6.33. The summed E-state index contributed by atoms with van der Waals surface area (Å²) in [6, 6.07) is 1.10. The van der Waals surface area contributed by atoms with Crippen LogP contribution in [-0.2, 0) is 4.79 Å². The predicted molar refractivity (Wildman–Crippen MR) is 37.7 cm³/mol. The van der Waals surface area contributed by atoms with Crippen molar-refractivity contribution in [3.05, 3.63) is 0 Å². The third kappa shape index (κ3) is 7.21. The van der Waals surface area contributed by atoms with E-state index in [0.717, 1.165) is 0 Å². The van der Waals surface area contributed by atoms with Gasteiger partial charge in [0, 0.05) is 6.42 Å². The van der Waals surface area contributed by atoms with Gasteiger partial charge in [-0.25, -0.2) is 0 Å². The van der Waals surface area contributed by atoms with Gasteiger partial charge in [0.2, 0.25) is 0 Å². The van der Waals surface area contributed by atoms with Gasteiger partial charge in [-0.1, -0.05) is 0 Å². The SMILES string of the molecule is Cl.N#CC(N)CCC(=O)O. The standard InChI is InChI=1S/C5H8N2O2.ClH/c6-3-4(7)1-2-5(8)9;/h4H,1-2,7H2,(H,8,9);1H. The van der Waals surface area contributed by atoms with Crippen molar-refractivity contribution in [3.63, 3.8) is 0 Å². The van der Waals surface area contributed by atoms with Gasteiger partial charge in [-0.3, -0.25) is 4.79 Å². The molecule has 0 fully saturated rings. The molecular weight excluding hydrogens is 156 g/mol. The minimum Gasteiger partial charge on any atom is -0.481 e. The molecule has 0 aromatic rings. The number of carbonyl (C=O) groups is 1. The van der Waals surface area contributed by atoms with Crippen LogP contribution >= 0.6 is 12.4 Å². The molecule has 0 heterocycles. The summed E-state index contributed by atoms with van der Waals surface area (Å²) in [5, 5.41) is 16.2. The summed E-state index contributed by atoms with van der Waals surface area (Å²) in [6.45, 7) is 0. The summed E-state index contributed by atoms with van der Waals surface area (Å²) < 4.78 is 0. The Morgan fingerprint density at radius 1 is 1.80 bits per heavy atom. The molecular formula is C5H9ClN2O2. The lowest BCUT2D eigenvalue weighted by Crippen LogP contribution is -2.18. The molecule has 0 radical (unpaired) electrons. The summed E-state index contributed by atoms with van der Waals surface area (Å²) in [5.74, 6) is -0.916. The summed E-state index contributed by atoms with van der Waals surface area (Å²) in [6.07, 6.45) is 0.195. The molecule has 58 valence electrons. The number of nitrogens with zero attached hydrogens (tertiary/aromatic N) is 1. The first-order valence-corrected chi connectivity index (χ1v) is 2.54. The topological polar surface area (TPSA) is 87.1 Å². The second-order valence-electron chi connectivity index (χ2n) is 1.67. The molecule has 1 atom stereocenters. The highest BCUT2D eigenvalue weighted by Gasteiger charge is 2.02. The van der Waals surface area contributed by atoms with Crippen molar-refractivity contribution in [1.29, 1.82) is 5.26 Å². The Kier molecular flexibility index (Phi) is 7.56. The van der Waals surface area contributed by atoms with Crippen LogP contribution in [0.5, 0.6) is 0 Å². The van der Waals surface area contributed by atoms with Crippen molar-refractivity contribution in [2.45, 2.75) is 18.9 Å². The average Bonchev–Trinajstić information content (AvgIpc) is 1.83. The van der Waals surface area contributed by atoms with Crippen LogP contribution in [0.1, 0.15) is 12.8 Å². The van der Waals surface area contributed by atoms with E-state index in [-0.39, 0.29) is 25.2 Å². The fraction of sp³-hybridized carbons (Fsp3) is 0.600. The van der Waals surface area contributed by atoms with Gasteiger partial charge in [0.25, 0.3) is 0 Å². The largest absolute Gasteiger partial charge is 0.481 e.